The number of carbonyl (C=O) groups excluding carboxylic acids is 1. The van der Waals surface area contributed by atoms with Crippen LogP contribution >= 0.6 is 11.6 Å². The van der Waals surface area contributed by atoms with Gasteiger partial charge in [0.2, 0.25) is 0 Å². The van der Waals surface area contributed by atoms with Crippen LogP contribution in [-0.4, -0.2) is 31.3 Å². The van der Waals surface area contributed by atoms with Gasteiger partial charge in [0.05, 0.1) is 12.1 Å². The zero-order valence-electron chi connectivity index (χ0n) is 17.7. The molecule has 164 valence electrons. The minimum atomic E-state index is -0.236. The summed E-state index contributed by atoms with van der Waals surface area (Å²) in [5.41, 5.74) is 5.14. The van der Waals surface area contributed by atoms with E-state index in [-0.39, 0.29) is 12.5 Å². The van der Waals surface area contributed by atoms with Crippen LogP contribution in [0.4, 0.5) is 0 Å². The lowest BCUT2D eigenvalue weighted by molar-refractivity contribution is 0.0954. The average molecular weight is 442 g/mol. The molecule has 1 heterocycles. The molecule has 2 aromatic rings. The Kier molecular flexibility index (Phi) is 7.10. The first-order valence-corrected chi connectivity index (χ1v) is 11.2. The van der Waals surface area contributed by atoms with Gasteiger partial charge >= 0.3 is 0 Å². The number of benzene rings is 2. The molecule has 6 nitrogen and oxygen atoms in total. The van der Waals surface area contributed by atoms with Crippen LogP contribution in [0.5, 0.6) is 11.5 Å². The number of hydrogen-bond acceptors (Lipinski definition) is 5. The van der Waals surface area contributed by atoms with Crippen molar-refractivity contribution < 1.29 is 14.3 Å². The molecule has 31 heavy (non-hydrogen) atoms. The fourth-order valence-electron chi connectivity index (χ4n) is 4.42. The molecule has 0 radical (unpaired) electrons. The van der Waals surface area contributed by atoms with Gasteiger partial charge in [-0.2, -0.15) is 5.10 Å². The Balaban J connectivity index is 1.45. The third-order valence-corrected chi connectivity index (χ3v) is 6.36. The van der Waals surface area contributed by atoms with Crippen LogP contribution in [-0.2, 0) is 6.61 Å². The van der Waals surface area contributed by atoms with Crippen molar-refractivity contribution >= 4 is 23.2 Å². The Morgan fingerprint density at radius 3 is 2.87 bits per heavy atom. The fourth-order valence-corrected chi connectivity index (χ4v) is 4.61. The molecule has 1 amide bonds. The number of hydrogen-bond donors (Lipinski definition) is 2. The maximum Gasteiger partial charge on any atom is 0.271 e. The number of fused-ring (bicyclic) bond motifs is 1. The maximum absolute atomic E-state index is 12.8. The Hall–Kier alpha value is -2.57. The molecule has 0 bridgehead atoms. The van der Waals surface area contributed by atoms with E-state index in [1.807, 2.05) is 12.1 Å². The van der Waals surface area contributed by atoms with Crippen molar-refractivity contribution in [2.45, 2.75) is 44.8 Å². The molecule has 1 aliphatic heterocycles. The van der Waals surface area contributed by atoms with Crippen molar-refractivity contribution in [2.75, 3.05) is 13.7 Å². The van der Waals surface area contributed by atoms with E-state index in [2.05, 4.69) is 15.8 Å². The molecule has 2 N–H and O–H groups in total. The van der Waals surface area contributed by atoms with Crippen molar-refractivity contribution in [3.8, 4) is 11.5 Å². The van der Waals surface area contributed by atoms with E-state index < -0.39 is 0 Å². The van der Waals surface area contributed by atoms with Crippen LogP contribution in [0, 0.1) is 5.92 Å². The highest BCUT2D eigenvalue weighted by atomic mass is 35.5. The predicted molar refractivity (Wildman–Crippen MR) is 122 cm³/mol. The number of nitrogens with one attached hydrogen (secondary N) is 2. The summed E-state index contributed by atoms with van der Waals surface area (Å²) in [4.78, 5) is 12.8. The number of amides is 1. The van der Waals surface area contributed by atoms with Gasteiger partial charge in [-0.3, -0.25) is 4.79 Å². The molecular weight excluding hydrogens is 414 g/mol. The molecule has 1 saturated heterocycles. The first kappa shape index (κ1) is 21.7. The highest BCUT2D eigenvalue weighted by Gasteiger charge is 2.32. The predicted octanol–water partition coefficient (Wildman–Crippen LogP) is 4.57. The Morgan fingerprint density at radius 2 is 2.03 bits per heavy atom. The Bertz CT molecular complexity index is 961. The topological polar surface area (TPSA) is 72.0 Å². The summed E-state index contributed by atoms with van der Waals surface area (Å²) in [6.45, 7) is 1.15. The van der Waals surface area contributed by atoms with Gasteiger partial charge in [-0.05, 0) is 43.2 Å². The van der Waals surface area contributed by atoms with Crippen molar-refractivity contribution in [3.63, 3.8) is 0 Å². The van der Waals surface area contributed by atoms with E-state index in [0.29, 0.717) is 34.0 Å². The van der Waals surface area contributed by atoms with Crippen LogP contribution in [0.3, 0.4) is 0 Å². The van der Waals surface area contributed by atoms with Crippen molar-refractivity contribution in [1.82, 2.24) is 10.7 Å². The number of methoxy groups -OCH3 is 1. The molecule has 0 unspecified atom stereocenters. The smallest absolute Gasteiger partial charge is 0.271 e. The van der Waals surface area contributed by atoms with Crippen LogP contribution < -0.4 is 20.2 Å². The molecule has 0 spiro atoms. The molecule has 0 aromatic heterocycles. The Morgan fingerprint density at radius 1 is 1.19 bits per heavy atom. The second-order valence-electron chi connectivity index (χ2n) is 7.99. The molecule has 2 aliphatic rings. The van der Waals surface area contributed by atoms with E-state index in [9.17, 15) is 4.79 Å². The largest absolute Gasteiger partial charge is 0.496 e. The van der Waals surface area contributed by atoms with Gasteiger partial charge in [0.25, 0.3) is 5.91 Å². The van der Waals surface area contributed by atoms with E-state index in [1.165, 1.54) is 19.3 Å². The van der Waals surface area contributed by atoms with Crippen LogP contribution in [0.1, 0.15) is 48.0 Å². The SMILES string of the molecule is COc1ccc(C(=O)N/N=C2/CCN[C@H]3CCCC[C@@H]23)cc1COc1ccccc1Cl. The quantitative estimate of drug-likeness (QED) is 0.644. The van der Waals surface area contributed by atoms with Gasteiger partial charge in [0.1, 0.15) is 18.1 Å². The third-order valence-electron chi connectivity index (χ3n) is 6.05. The standard InChI is InChI=1S/C24H28ClN3O3/c1-30-22-11-10-16(14-17(22)15-31-23-9-5-3-7-19(23)25)24(29)28-27-21-12-13-26-20-8-4-2-6-18(20)21/h3,5,7,9-11,14,18,20,26H,2,4,6,8,12-13,15H2,1H3,(H,28,29)/b27-21-/t18-,20+/m1/s1. The normalized spacial score (nSPS) is 21.9. The molecular formula is C24H28ClN3O3. The number of piperidine rings is 1. The first-order valence-electron chi connectivity index (χ1n) is 10.8. The van der Waals surface area contributed by atoms with Gasteiger partial charge in [0.15, 0.2) is 0 Å². The van der Waals surface area contributed by atoms with E-state index >= 15 is 0 Å². The number of hydrazone groups is 1. The van der Waals surface area contributed by atoms with Gasteiger partial charge in [-0.15, -0.1) is 0 Å². The first-order chi connectivity index (χ1) is 15.2. The van der Waals surface area contributed by atoms with Gasteiger partial charge < -0.3 is 14.8 Å². The lowest BCUT2D eigenvalue weighted by atomic mass is 9.78. The number of carbonyl (C=O) groups is 1. The number of para-hydroxylation sites is 1. The monoisotopic (exact) mass is 441 g/mol. The van der Waals surface area contributed by atoms with E-state index in [4.69, 9.17) is 21.1 Å². The van der Waals surface area contributed by atoms with Crippen LogP contribution in [0.25, 0.3) is 0 Å². The third kappa shape index (κ3) is 5.20. The lowest BCUT2D eigenvalue weighted by Crippen LogP contribution is -2.48. The highest BCUT2D eigenvalue weighted by Crippen LogP contribution is 2.29. The van der Waals surface area contributed by atoms with Gasteiger partial charge in [-0.25, -0.2) is 5.43 Å². The summed E-state index contributed by atoms with van der Waals surface area (Å²) < 4.78 is 11.3. The second kappa shape index (κ2) is 10.2. The lowest BCUT2D eigenvalue weighted by Gasteiger charge is -2.37. The second-order valence-corrected chi connectivity index (χ2v) is 8.40. The summed E-state index contributed by atoms with van der Waals surface area (Å²) in [5, 5.41) is 8.65. The fraction of sp³-hybridized carbons (Fsp3) is 0.417. The van der Waals surface area contributed by atoms with Crippen LogP contribution in [0.15, 0.2) is 47.6 Å². The van der Waals surface area contributed by atoms with Crippen molar-refractivity contribution in [2.24, 2.45) is 11.0 Å². The minimum absolute atomic E-state index is 0.234. The summed E-state index contributed by atoms with van der Waals surface area (Å²) in [7, 11) is 1.59. The number of nitrogens with zero attached hydrogens (tertiary/aromatic N) is 1. The minimum Gasteiger partial charge on any atom is -0.496 e. The van der Waals surface area contributed by atoms with Crippen molar-refractivity contribution in [3.05, 3.63) is 58.6 Å². The average Bonchev–Trinajstić information content (AvgIpc) is 2.81. The molecule has 1 saturated carbocycles. The number of halogens is 1. The number of rotatable bonds is 6. The van der Waals surface area contributed by atoms with Crippen molar-refractivity contribution in [1.29, 1.82) is 0 Å². The summed E-state index contributed by atoms with van der Waals surface area (Å²) in [6.07, 6.45) is 5.69. The summed E-state index contributed by atoms with van der Waals surface area (Å²) in [6, 6.07) is 13.1. The van der Waals surface area contributed by atoms with Crippen LogP contribution in [0.2, 0.25) is 5.02 Å². The molecule has 4 rings (SSSR count). The Labute approximate surface area is 188 Å². The van der Waals surface area contributed by atoms with E-state index in [0.717, 1.165) is 30.7 Å². The zero-order chi connectivity index (χ0) is 21.6. The molecule has 7 heteroatoms. The molecule has 2 fully saturated rings. The number of ether oxygens (including phenoxy) is 2. The summed E-state index contributed by atoms with van der Waals surface area (Å²) >= 11 is 6.17. The molecule has 1 aliphatic carbocycles. The van der Waals surface area contributed by atoms with E-state index in [1.54, 1.807) is 37.4 Å². The summed E-state index contributed by atoms with van der Waals surface area (Å²) in [5.74, 6) is 1.43. The van der Waals surface area contributed by atoms with Gasteiger partial charge in [-0.1, -0.05) is 36.6 Å². The molecule has 2 atom stereocenters. The maximum atomic E-state index is 12.8. The molecule has 2 aromatic carbocycles. The zero-order valence-corrected chi connectivity index (χ0v) is 18.5. The highest BCUT2D eigenvalue weighted by molar-refractivity contribution is 6.32. The van der Waals surface area contributed by atoms with Gasteiger partial charge in [0, 0.05) is 41.8 Å².